The normalized spacial score (nSPS) is 27.0. The summed E-state index contributed by atoms with van der Waals surface area (Å²) in [5.41, 5.74) is -0.605. The number of fused-ring (bicyclic) bond motifs is 1. The van der Waals surface area contributed by atoms with Crippen LogP contribution in [-0.2, 0) is 33.7 Å². The maximum atomic E-state index is 12.1. The summed E-state index contributed by atoms with van der Waals surface area (Å²) in [6.07, 6.45) is -1.21. The van der Waals surface area contributed by atoms with Crippen molar-refractivity contribution in [3.8, 4) is 0 Å². The highest BCUT2D eigenvalue weighted by Crippen LogP contribution is 2.37. The summed E-state index contributed by atoms with van der Waals surface area (Å²) in [4.78, 5) is 34.6. The number of carboxylic acids is 1. The van der Waals surface area contributed by atoms with Crippen molar-refractivity contribution in [2.45, 2.75) is 18.4 Å². The fourth-order valence-electron chi connectivity index (χ4n) is 2.36. The number of ether oxygens (including phenoxy) is 2. The molecule has 1 saturated heterocycles. The van der Waals surface area contributed by atoms with Crippen molar-refractivity contribution in [3.63, 3.8) is 0 Å². The molecule has 2 atom stereocenters. The Morgan fingerprint density at radius 1 is 1.43 bits per heavy atom. The third-order valence-corrected chi connectivity index (χ3v) is 5.16. The maximum absolute atomic E-state index is 12.1. The van der Waals surface area contributed by atoms with Gasteiger partial charge in [0.2, 0.25) is 0 Å². The minimum absolute atomic E-state index is 0.142. The molecule has 2 aliphatic heterocycles. The van der Waals surface area contributed by atoms with Gasteiger partial charge in [0.15, 0.2) is 21.3 Å². The molecule has 1 fully saturated rings. The highest BCUT2D eigenvalue weighted by Gasteiger charge is 2.60. The van der Waals surface area contributed by atoms with Crippen molar-refractivity contribution in [1.29, 1.82) is 0 Å². The molecule has 0 aliphatic carbocycles. The fourth-order valence-corrected chi connectivity index (χ4v) is 4.37. The van der Waals surface area contributed by atoms with Gasteiger partial charge < -0.3 is 14.6 Å². The van der Waals surface area contributed by atoms with Gasteiger partial charge in [0.05, 0.1) is 5.75 Å². The zero-order valence-corrected chi connectivity index (χ0v) is 12.0. The van der Waals surface area contributed by atoms with Gasteiger partial charge in [-0.25, -0.2) is 13.2 Å². The number of carboxylic acid groups (broad SMARTS) is 1. The van der Waals surface area contributed by atoms with E-state index in [2.05, 4.69) is 4.74 Å². The summed E-state index contributed by atoms with van der Waals surface area (Å²) in [5.74, 6) is -3.49. The number of esters is 1. The number of methoxy groups -OCH3 is 1. The van der Waals surface area contributed by atoms with Crippen LogP contribution in [0.4, 0.5) is 0 Å². The summed E-state index contributed by atoms with van der Waals surface area (Å²) in [7, 11) is -2.64. The first kappa shape index (κ1) is 15.4. The van der Waals surface area contributed by atoms with E-state index in [9.17, 15) is 27.9 Å². The zero-order valence-electron chi connectivity index (χ0n) is 11.2. The molecule has 2 heterocycles. The van der Waals surface area contributed by atoms with Gasteiger partial charge >= 0.3 is 11.9 Å². The number of hydrogen-bond acceptors (Lipinski definition) is 7. The number of carbonyl (C=O) groups is 3. The molecule has 0 aromatic rings. The topological polar surface area (TPSA) is 127 Å². The van der Waals surface area contributed by atoms with E-state index in [0.29, 0.717) is 4.90 Å². The van der Waals surface area contributed by atoms with E-state index in [1.165, 1.54) is 7.11 Å². The molecule has 2 aliphatic rings. The molecule has 116 valence electrons. The molecule has 0 aromatic carbocycles. The number of hydrogen-bond donors (Lipinski definition) is 1. The number of nitrogens with zero attached hydrogens (tertiary/aromatic N) is 1. The Hall–Kier alpha value is -1.94. The van der Waals surface area contributed by atoms with Gasteiger partial charge in [-0.1, -0.05) is 0 Å². The van der Waals surface area contributed by atoms with Gasteiger partial charge in [-0.05, 0) is 0 Å². The highest BCUT2D eigenvalue weighted by molar-refractivity contribution is 7.92. The summed E-state index contributed by atoms with van der Waals surface area (Å²) < 4.78 is 33.7. The molecule has 2 rings (SSSR count). The van der Waals surface area contributed by atoms with E-state index in [-0.39, 0.29) is 5.57 Å². The SMILES string of the molecule is CO[C@H]1C(=O)N2C(C(=O)O)=C(COC(C)=O)CS(=O)(=O)[C@H]12. The average Bonchev–Trinajstić information content (AvgIpc) is 2.36. The van der Waals surface area contributed by atoms with Gasteiger partial charge in [0, 0.05) is 19.6 Å². The van der Waals surface area contributed by atoms with Crippen LogP contribution in [-0.4, -0.2) is 67.2 Å². The molecular weight excluding hydrogens is 306 g/mol. The van der Waals surface area contributed by atoms with Crippen LogP contribution in [0, 0.1) is 0 Å². The number of rotatable bonds is 4. The Morgan fingerprint density at radius 3 is 2.52 bits per heavy atom. The van der Waals surface area contributed by atoms with Crippen LogP contribution in [0.5, 0.6) is 0 Å². The predicted molar refractivity (Wildman–Crippen MR) is 66.5 cm³/mol. The lowest BCUT2D eigenvalue weighted by atomic mass is 10.1. The van der Waals surface area contributed by atoms with Crippen molar-refractivity contribution in [2.75, 3.05) is 19.5 Å². The average molecular weight is 319 g/mol. The molecule has 0 aromatic heterocycles. The fraction of sp³-hybridized carbons (Fsp3) is 0.545. The Bertz CT molecular complexity index is 649. The van der Waals surface area contributed by atoms with Crippen LogP contribution >= 0.6 is 0 Å². The number of carbonyl (C=O) groups excluding carboxylic acids is 2. The maximum Gasteiger partial charge on any atom is 0.352 e. The van der Waals surface area contributed by atoms with Crippen molar-refractivity contribution in [3.05, 3.63) is 11.3 Å². The summed E-state index contributed by atoms with van der Waals surface area (Å²) in [6.45, 7) is 0.612. The number of sulfone groups is 1. The largest absolute Gasteiger partial charge is 0.477 e. The molecule has 0 unspecified atom stereocenters. The number of β-lactam (4-membered cyclic amide) rings is 1. The van der Waals surface area contributed by atoms with Crippen LogP contribution < -0.4 is 0 Å². The first-order valence-electron chi connectivity index (χ1n) is 5.86. The monoisotopic (exact) mass is 319 g/mol. The zero-order chi connectivity index (χ0) is 15.9. The quantitative estimate of drug-likeness (QED) is 0.490. The van der Waals surface area contributed by atoms with Gasteiger partial charge in [-0.3, -0.25) is 14.5 Å². The lowest BCUT2D eigenvalue weighted by molar-refractivity contribution is -0.162. The van der Waals surface area contributed by atoms with Crippen LogP contribution in [0.25, 0.3) is 0 Å². The lowest BCUT2D eigenvalue weighted by Crippen LogP contribution is -2.70. The Balaban J connectivity index is 2.46. The van der Waals surface area contributed by atoms with Crippen molar-refractivity contribution < 1.29 is 37.4 Å². The van der Waals surface area contributed by atoms with E-state index < -0.39 is 57.2 Å². The Morgan fingerprint density at radius 2 is 2.05 bits per heavy atom. The summed E-state index contributed by atoms with van der Waals surface area (Å²) >= 11 is 0. The first-order valence-corrected chi connectivity index (χ1v) is 7.58. The van der Waals surface area contributed by atoms with Crippen LogP contribution in [0.15, 0.2) is 11.3 Å². The van der Waals surface area contributed by atoms with E-state index in [1.54, 1.807) is 0 Å². The van der Waals surface area contributed by atoms with E-state index in [0.717, 1.165) is 6.92 Å². The number of aliphatic carboxylic acids is 1. The molecule has 0 bridgehead atoms. The molecule has 0 spiro atoms. The van der Waals surface area contributed by atoms with Gasteiger partial charge in [-0.2, -0.15) is 0 Å². The second-order valence-electron chi connectivity index (χ2n) is 4.60. The molecule has 21 heavy (non-hydrogen) atoms. The van der Waals surface area contributed by atoms with Gasteiger partial charge in [0.1, 0.15) is 12.3 Å². The predicted octanol–water partition coefficient (Wildman–Crippen LogP) is -1.50. The van der Waals surface area contributed by atoms with Crippen molar-refractivity contribution >= 4 is 27.7 Å². The molecular formula is C11H13NO8S. The highest BCUT2D eigenvalue weighted by atomic mass is 32.2. The standard InChI is InChI=1S/C11H13NO8S/c1-5(13)20-3-6-4-21(17,18)10-8(19-2)9(14)12(10)7(6)11(15)16/h8,10H,3-4H2,1-2H3,(H,15,16)/t8-,10+/m0/s1. The summed E-state index contributed by atoms with van der Waals surface area (Å²) in [5, 5.41) is 7.87. The smallest absolute Gasteiger partial charge is 0.352 e. The molecule has 10 heteroatoms. The lowest BCUT2D eigenvalue weighted by Gasteiger charge is -2.48. The third kappa shape index (κ3) is 2.40. The first-order chi connectivity index (χ1) is 9.70. The molecule has 0 radical (unpaired) electrons. The van der Waals surface area contributed by atoms with Crippen molar-refractivity contribution in [1.82, 2.24) is 4.90 Å². The van der Waals surface area contributed by atoms with Gasteiger partial charge in [0.25, 0.3) is 5.91 Å². The third-order valence-electron chi connectivity index (χ3n) is 3.22. The molecule has 1 amide bonds. The second kappa shape index (κ2) is 5.11. The van der Waals surface area contributed by atoms with E-state index in [1.807, 2.05) is 0 Å². The number of amides is 1. The van der Waals surface area contributed by atoms with Crippen LogP contribution in [0.3, 0.4) is 0 Å². The minimum Gasteiger partial charge on any atom is -0.477 e. The van der Waals surface area contributed by atoms with Gasteiger partial charge in [-0.15, -0.1) is 0 Å². The van der Waals surface area contributed by atoms with E-state index >= 15 is 0 Å². The van der Waals surface area contributed by atoms with Crippen molar-refractivity contribution in [2.24, 2.45) is 0 Å². The Labute approximate surface area is 120 Å². The molecule has 0 saturated carbocycles. The van der Waals surface area contributed by atoms with Crippen LogP contribution in [0.2, 0.25) is 0 Å². The minimum atomic E-state index is -3.81. The summed E-state index contributed by atoms with van der Waals surface area (Å²) in [6, 6.07) is 0. The van der Waals surface area contributed by atoms with Crippen LogP contribution in [0.1, 0.15) is 6.92 Å². The molecule has 1 N–H and O–H groups in total. The molecule has 9 nitrogen and oxygen atoms in total. The Kier molecular flexibility index (Phi) is 3.76. The second-order valence-corrected chi connectivity index (χ2v) is 6.70. The van der Waals surface area contributed by atoms with E-state index in [4.69, 9.17) is 4.74 Å².